The van der Waals surface area contributed by atoms with Crippen molar-refractivity contribution in [1.82, 2.24) is 4.68 Å². The largest absolute Gasteiger partial charge is 0.497 e. The number of hydrogen-bond donors (Lipinski definition) is 0. The van der Waals surface area contributed by atoms with Gasteiger partial charge in [0, 0.05) is 5.38 Å². The minimum absolute atomic E-state index is 0.824. The van der Waals surface area contributed by atoms with Crippen LogP contribution < -0.4 is 9.54 Å². The Bertz CT molecular complexity index is 885. The molecule has 0 atom stereocenters. The van der Waals surface area contributed by atoms with Crippen LogP contribution in [-0.2, 0) is 0 Å². The van der Waals surface area contributed by atoms with E-state index in [9.17, 15) is 0 Å². The van der Waals surface area contributed by atoms with Crippen molar-refractivity contribution in [1.29, 1.82) is 0 Å². The Labute approximate surface area is 143 Å². The van der Waals surface area contributed by atoms with E-state index in [1.54, 1.807) is 29.8 Å². The molecule has 2 heterocycles. The van der Waals surface area contributed by atoms with Gasteiger partial charge in [-0.05, 0) is 55.1 Å². The fraction of sp³-hybridized carbons (Fsp3) is 0.176. The lowest BCUT2D eigenvalue weighted by Crippen LogP contribution is -2.11. The molecule has 0 bridgehead atoms. The molecule has 0 spiro atoms. The molecular formula is C17H17N3OS2. The van der Waals surface area contributed by atoms with E-state index in [0.29, 0.717) is 0 Å². The Morgan fingerprint density at radius 2 is 1.87 bits per heavy atom. The van der Waals surface area contributed by atoms with Crippen LogP contribution in [0.5, 0.6) is 5.75 Å². The molecule has 0 radical (unpaired) electrons. The number of ether oxygens (including phenoxy) is 1. The van der Waals surface area contributed by atoms with Crippen molar-refractivity contribution in [2.75, 3.05) is 7.11 Å². The Hall–Kier alpha value is -2.18. The standard InChI is InChI=1S/C17H17N3OS2/c1-12-8-9-22-16(12)10-18-20-13(2)11-23-17(20)19-14-4-6-15(21-3)7-5-14/h4-11H,1-3H3. The fourth-order valence-corrected chi connectivity index (χ4v) is 3.60. The molecule has 0 saturated carbocycles. The number of thiazole rings is 1. The van der Waals surface area contributed by atoms with E-state index in [-0.39, 0.29) is 0 Å². The van der Waals surface area contributed by atoms with Crippen LogP contribution >= 0.6 is 22.7 Å². The van der Waals surface area contributed by atoms with Crippen LogP contribution in [0.25, 0.3) is 0 Å². The van der Waals surface area contributed by atoms with Crippen molar-refractivity contribution >= 4 is 34.6 Å². The van der Waals surface area contributed by atoms with Gasteiger partial charge in [0.15, 0.2) is 0 Å². The SMILES string of the molecule is COc1ccc(N=c2scc(C)n2N=Cc2sccc2C)cc1. The minimum Gasteiger partial charge on any atom is -0.497 e. The van der Waals surface area contributed by atoms with E-state index < -0.39 is 0 Å². The van der Waals surface area contributed by atoms with Crippen molar-refractivity contribution in [3.05, 3.63) is 62.0 Å². The molecule has 0 aliphatic rings. The highest BCUT2D eigenvalue weighted by atomic mass is 32.1. The second-order valence-electron chi connectivity index (χ2n) is 4.99. The van der Waals surface area contributed by atoms with E-state index in [2.05, 4.69) is 33.8 Å². The second-order valence-corrected chi connectivity index (χ2v) is 6.78. The van der Waals surface area contributed by atoms with Gasteiger partial charge in [0.2, 0.25) is 4.80 Å². The van der Waals surface area contributed by atoms with Gasteiger partial charge in [-0.3, -0.25) is 0 Å². The first-order chi connectivity index (χ1) is 11.2. The average Bonchev–Trinajstić information content (AvgIpc) is 3.12. The van der Waals surface area contributed by atoms with E-state index >= 15 is 0 Å². The number of benzene rings is 1. The second kappa shape index (κ2) is 6.93. The maximum atomic E-state index is 5.17. The number of thiophene rings is 1. The van der Waals surface area contributed by atoms with E-state index in [1.807, 2.05) is 42.1 Å². The van der Waals surface area contributed by atoms with Gasteiger partial charge in [-0.1, -0.05) is 0 Å². The summed E-state index contributed by atoms with van der Waals surface area (Å²) >= 11 is 3.26. The van der Waals surface area contributed by atoms with Crippen molar-refractivity contribution in [2.45, 2.75) is 13.8 Å². The molecule has 0 aliphatic carbocycles. The first-order valence-corrected chi connectivity index (χ1v) is 8.87. The first-order valence-electron chi connectivity index (χ1n) is 7.12. The summed E-state index contributed by atoms with van der Waals surface area (Å²) in [6.45, 7) is 4.12. The lowest BCUT2D eigenvalue weighted by molar-refractivity contribution is 0.415. The number of aryl methyl sites for hydroxylation is 2. The summed E-state index contributed by atoms with van der Waals surface area (Å²) in [7, 11) is 1.66. The molecule has 0 aliphatic heterocycles. The van der Waals surface area contributed by atoms with Crippen LogP contribution in [0.4, 0.5) is 5.69 Å². The summed E-state index contributed by atoms with van der Waals surface area (Å²) in [5.74, 6) is 0.824. The molecule has 118 valence electrons. The molecule has 0 fully saturated rings. The normalized spacial score (nSPS) is 12.2. The van der Waals surface area contributed by atoms with Gasteiger partial charge >= 0.3 is 0 Å². The lowest BCUT2D eigenvalue weighted by atomic mass is 10.3. The third kappa shape index (κ3) is 3.60. The molecule has 1 aromatic carbocycles. The zero-order valence-electron chi connectivity index (χ0n) is 13.2. The van der Waals surface area contributed by atoms with Gasteiger partial charge in [-0.2, -0.15) is 5.10 Å². The maximum absolute atomic E-state index is 5.17. The maximum Gasteiger partial charge on any atom is 0.211 e. The number of rotatable bonds is 4. The van der Waals surface area contributed by atoms with Gasteiger partial charge in [0.1, 0.15) is 5.75 Å². The molecule has 0 N–H and O–H groups in total. The Morgan fingerprint density at radius 3 is 2.52 bits per heavy atom. The van der Waals surface area contributed by atoms with Gasteiger partial charge < -0.3 is 4.74 Å². The molecule has 4 nitrogen and oxygen atoms in total. The topological polar surface area (TPSA) is 38.9 Å². The van der Waals surface area contributed by atoms with Crippen molar-refractivity contribution in [2.24, 2.45) is 10.1 Å². The summed E-state index contributed by atoms with van der Waals surface area (Å²) in [4.78, 5) is 6.69. The highest BCUT2D eigenvalue weighted by Crippen LogP contribution is 2.17. The Balaban J connectivity index is 1.96. The smallest absolute Gasteiger partial charge is 0.211 e. The lowest BCUT2D eigenvalue weighted by Gasteiger charge is -2.00. The summed E-state index contributed by atoms with van der Waals surface area (Å²) in [5, 5.41) is 8.72. The summed E-state index contributed by atoms with van der Waals surface area (Å²) in [5.41, 5.74) is 3.18. The third-order valence-corrected chi connectivity index (χ3v) is 5.23. The zero-order chi connectivity index (χ0) is 16.2. The highest BCUT2D eigenvalue weighted by Gasteiger charge is 2.01. The molecule has 3 aromatic rings. The third-order valence-electron chi connectivity index (χ3n) is 3.34. The van der Waals surface area contributed by atoms with Crippen LogP contribution in [0.3, 0.4) is 0 Å². The summed E-state index contributed by atoms with van der Waals surface area (Å²) in [6, 6.07) is 9.78. The van der Waals surface area contributed by atoms with E-state index in [1.165, 1.54) is 10.4 Å². The van der Waals surface area contributed by atoms with E-state index in [4.69, 9.17) is 4.74 Å². The first kappa shape index (κ1) is 15.7. The van der Waals surface area contributed by atoms with Crippen LogP contribution in [0, 0.1) is 13.8 Å². The molecule has 3 rings (SSSR count). The minimum atomic E-state index is 0.824. The average molecular weight is 343 g/mol. The number of nitrogens with zero attached hydrogens (tertiary/aromatic N) is 3. The molecule has 0 amide bonds. The van der Waals surface area contributed by atoms with Crippen LogP contribution in [0.15, 0.2) is 51.2 Å². The predicted octanol–water partition coefficient (Wildman–Crippen LogP) is 4.35. The zero-order valence-corrected chi connectivity index (χ0v) is 14.8. The van der Waals surface area contributed by atoms with Gasteiger partial charge in [-0.25, -0.2) is 9.67 Å². The quantitative estimate of drug-likeness (QED) is 0.649. The Kier molecular flexibility index (Phi) is 4.73. The van der Waals surface area contributed by atoms with Gasteiger partial charge in [0.25, 0.3) is 0 Å². The number of methoxy groups -OCH3 is 1. The monoisotopic (exact) mass is 343 g/mol. The molecule has 2 aromatic heterocycles. The van der Waals surface area contributed by atoms with Crippen LogP contribution in [-0.4, -0.2) is 18.0 Å². The molecule has 0 saturated heterocycles. The molecular weight excluding hydrogens is 326 g/mol. The summed E-state index contributed by atoms with van der Waals surface area (Å²) in [6.07, 6.45) is 1.90. The van der Waals surface area contributed by atoms with Crippen molar-refractivity contribution in [3.63, 3.8) is 0 Å². The van der Waals surface area contributed by atoms with Gasteiger partial charge in [-0.15, -0.1) is 22.7 Å². The van der Waals surface area contributed by atoms with Crippen LogP contribution in [0.1, 0.15) is 16.1 Å². The number of aromatic nitrogens is 1. The summed E-state index contributed by atoms with van der Waals surface area (Å²) < 4.78 is 7.04. The van der Waals surface area contributed by atoms with E-state index in [0.717, 1.165) is 21.9 Å². The molecule has 23 heavy (non-hydrogen) atoms. The highest BCUT2D eigenvalue weighted by molar-refractivity contribution is 7.11. The predicted molar refractivity (Wildman–Crippen MR) is 97.3 cm³/mol. The molecule has 6 heteroatoms. The van der Waals surface area contributed by atoms with Crippen molar-refractivity contribution < 1.29 is 4.74 Å². The number of hydrogen-bond acceptors (Lipinski definition) is 5. The van der Waals surface area contributed by atoms with Crippen LogP contribution in [0.2, 0.25) is 0 Å². The van der Waals surface area contributed by atoms with Crippen molar-refractivity contribution in [3.8, 4) is 5.75 Å². The molecule has 0 unspecified atom stereocenters. The fourth-order valence-electron chi connectivity index (χ4n) is 2.00. The van der Waals surface area contributed by atoms with Gasteiger partial charge in [0.05, 0.1) is 29.6 Å². The Morgan fingerprint density at radius 1 is 1.09 bits per heavy atom.